The van der Waals surface area contributed by atoms with Gasteiger partial charge in [-0.2, -0.15) is 0 Å². The fraction of sp³-hybridized carbons (Fsp3) is 0.600. The molecule has 3 rings (SSSR count). The van der Waals surface area contributed by atoms with Crippen LogP contribution in [0.5, 0.6) is 0 Å². The van der Waals surface area contributed by atoms with Crippen LogP contribution in [-0.2, 0) is 11.8 Å². The second-order valence-corrected chi connectivity index (χ2v) is 4.69. The fourth-order valence-corrected chi connectivity index (χ4v) is 3.19. The predicted octanol–water partition coefficient (Wildman–Crippen LogP) is 3.28. The van der Waals surface area contributed by atoms with Crippen LogP contribution < -0.4 is 5.32 Å². The number of fused-ring (bicyclic) bond motifs is 2. The molecule has 0 radical (unpaired) electrons. The summed E-state index contributed by atoms with van der Waals surface area (Å²) in [6.45, 7) is 6.41. The quantitative estimate of drug-likeness (QED) is 0.703. The lowest BCUT2D eigenvalue weighted by Crippen LogP contribution is -2.38. The highest BCUT2D eigenvalue weighted by Crippen LogP contribution is 2.44. The molecule has 0 amide bonds. The summed E-state index contributed by atoms with van der Waals surface area (Å²) in [4.78, 5) is 0. The van der Waals surface area contributed by atoms with Crippen LogP contribution in [-0.4, -0.2) is 13.1 Å². The van der Waals surface area contributed by atoms with Crippen molar-refractivity contribution < 1.29 is 0 Å². The number of hydrogen-bond acceptors (Lipinski definition) is 1. The zero-order chi connectivity index (χ0) is 11.4. The summed E-state index contributed by atoms with van der Waals surface area (Å²) in [5.41, 5.74) is 3.80. The third-order valence-corrected chi connectivity index (χ3v) is 4.02. The van der Waals surface area contributed by atoms with Crippen LogP contribution >= 0.6 is 0 Å². The minimum Gasteiger partial charge on any atom is -0.317 e. The number of hydrogen-bond donors (Lipinski definition) is 1. The van der Waals surface area contributed by atoms with E-state index in [2.05, 4.69) is 29.6 Å². The van der Waals surface area contributed by atoms with Gasteiger partial charge in [0.05, 0.1) is 0 Å². The average Bonchev–Trinajstić information content (AvgIpc) is 2.73. The SMILES string of the molecule is CC.c1ccc2c(c1)CCC21CCNCC1. The first-order chi connectivity index (χ1) is 7.91. The first-order valence-corrected chi connectivity index (χ1v) is 6.70. The van der Waals surface area contributed by atoms with E-state index in [1.165, 1.54) is 38.8 Å². The van der Waals surface area contributed by atoms with Crippen molar-refractivity contribution in [1.82, 2.24) is 5.32 Å². The number of nitrogens with one attached hydrogen (secondary N) is 1. The Morgan fingerprint density at radius 2 is 1.69 bits per heavy atom. The molecular formula is C15H23N. The Kier molecular flexibility index (Phi) is 3.65. The summed E-state index contributed by atoms with van der Waals surface area (Å²) in [5, 5.41) is 3.47. The molecule has 1 aromatic rings. The molecule has 1 aliphatic carbocycles. The van der Waals surface area contributed by atoms with Crippen LogP contribution in [0.15, 0.2) is 24.3 Å². The molecule has 0 atom stereocenters. The molecule has 88 valence electrons. The van der Waals surface area contributed by atoms with Gasteiger partial charge >= 0.3 is 0 Å². The van der Waals surface area contributed by atoms with Crippen molar-refractivity contribution in [3.05, 3.63) is 35.4 Å². The van der Waals surface area contributed by atoms with E-state index >= 15 is 0 Å². The van der Waals surface area contributed by atoms with Crippen molar-refractivity contribution in [3.63, 3.8) is 0 Å². The molecule has 0 bridgehead atoms. The number of benzene rings is 1. The lowest BCUT2D eigenvalue weighted by atomic mass is 9.74. The smallest absolute Gasteiger partial charge is 0.00170 e. The maximum Gasteiger partial charge on any atom is -0.00170 e. The van der Waals surface area contributed by atoms with Crippen molar-refractivity contribution in [2.75, 3.05) is 13.1 Å². The standard InChI is InChI=1S/C13H17N.C2H6/c1-2-4-12-11(3-1)5-6-13(12)7-9-14-10-8-13;1-2/h1-4,14H,5-10H2;1-2H3. The highest BCUT2D eigenvalue weighted by molar-refractivity contribution is 5.39. The zero-order valence-electron chi connectivity index (χ0n) is 10.6. The number of rotatable bonds is 0. The van der Waals surface area contributed by atoms with Gasteiger partial charge in [0, 0.05) is 0 Å². The molecule has 1 aliphatic heterocycles. The molecule has 1 spiro atoms. The van der Waals surface area contributed by atoms with Crippen LogP contribution in [0.2, 0.25) is 0 Å². The molecule has 1 heteroatoms. The maximum atomic E-state index is 3.47. The van der Waals surface area contributed by atoms with Gasteiger partial charge in [-0.15, -0.1) is 0 Å². The molecule has 1 N–H and O–H groups in total. The summed E-state index contributed by atoms with van der Waals surface area (Å²) in [5.74, 6) is 0. The lowest BCUT2D eigenvalue weighted by molar-refractivity contribution is 0.306. The van der Waals surface area contributed by atoms with Gasteiger partial charge in [0.15, 0.2) is 0 Å². The summed E-state index contributed by atoms with van der Waals surface area (Å²) < 4.78 is 0. The molecule has 1 heterocycles. The average molecular weight is 217 g/mol. The Bertz CT molecular complexity index is 332. The van der Waals surface area contributed by atoms with E-state index < -0.39 is 0 Å². The molecule has 1 nitrogen and oxygen atoms in total. The van der Waals surface area contributed by atoms with Crippen molar-refractivity contribution in [2.45, 2.75) is 44.9 Å². The van der Waals surface area contributed by atoms with Gasteiger partial charge in [0.2, 0.25) is 0 Å². The van der Waals surface area contributed by atoms with E-state index in [0.29, 0.717) is 5.41 Å². The molecular weight excluding hydrogens is 194 g/mol. The second-order valence-electron chi connectivity index (χ2n) is 4.69. The summed E-state index contributed by atoms with van der Waals surface area (Å²) in [6.07, 6.45) is 5.36. The van der Waals surface area contributed by atoms with Crippen LogP contribution in [0.3, 0.4) is 0 Å². The van der Waals surface area contributed by atoms with Crippen LogP contribution in [0, 0.1) is 0 Å². The summed E-state index contributed by atoms with van der Waals surface area (Å²) in [6, 6.07) is 9.05. The second kappa shape index (κ2) is 5.01. The first kappa shape index (κ1) is 11.7. The number of aryl methyl sites for hydroxylation is 1. The highest BCUT2D eigenvalue weighted by Gasteiger charge is 2.38. The molecule has 0 unspecified atom stereocenters. The van der Waals surface area contributed by atoms with Gasteiger partial charge in [-0.3, -0.25) is 0 Å². The van der Waals surface area contributed by atoms with Gasteiger partial charge in [0.25, 0.3) is 0 Å². The lowest BCUT2D eigenvalue weighted by Gasteiger charge is -2.34. The van der Waals surface area contributed by atoms with E-state index in [0.717, 1.165) is 0 Å². The normalized spacial score (nSPS) is 21.1. The number of piperidine rings is 1. The van der Waals surface area contributed by atoms with Crippen LogP contribution in [0.4, 0.5) is 0 Å². The van der Waals surface area contributed by atoms with E-state index in [9.17, 15) is 0 Å². The molecule has 16 heavy (non-hydrogen) atoms. The Morgan fingerprint density at radius 1 is 1.00 bits per heavy atom. The van der Waals surface area contributed by atoms with Gasteiger partial charge < -0.3 is 5.32 Å². The molecule has 0 saturated carbocycles. The highest BCUT2D eigenvalue weighted by atomic mass is 14.9. The van der Waals surface area contributed by atoms with Crippen molar-refractivity contribution in [3.8, 4) is 0 Å². The molecule has 2 aliphatic rings. The zero-order valence-corrected chi connectivity index (χ0v) is 10.6. The van der Waals surface area contributed by atoms with Gasteiger partial charge in [0.1, 0.15) is 0 Å². The van der Waals surface area contributed by atoms with E-state index in [1.807, 2.05) is 13.8 Å². The Labute approximate surface area is 99.3 Å². The maximum absolute atomic E-state index is 3.47. The molecule has 1 aromatic carbocycles. The molecule has 1 fully saturated rings. The minimum absolute atomic E-state index is 0.543. The minimum atomic E-state index is 0.543. The monoisotopic (exact) mass is 217 g/mol. The van der Waals surface area contributed by atoms with Gasteiger partial charge in [-0.1, -0.05) is 38.1 Å². The Morgan fingerprint density at radius 3 is 2.44 bits per heavy atom. The molecule has 1 saturated heterocycles. The van der Waals surface area contributed by atoms with Crippen molar-refractivity contribution in [1.29, 1.82) is 0 Å². The van der Waals surface area contributed by atoms with Crippen molar-refractivity contribution in [2.24, 2.45) is 0 Å². The largest absolute Gasteiger partial charge is 0.317 e. The van der Waals surface area contributed by atoms with E-state index in [-0.39, 0.29) is 0 Å². The topological polar surface area (TPSA) is 12.0 Å². The Balaban J connectivity index is 0.000000457. The van der Waals surface area contributed by atoms with Crippen LogP contribution in [0.1, 0.15) is 44.2 Å². The Hall–Kier alpha value is -0.820. The van der Waals surface area contributed by atoms with Gasteiger partial charge in [-0.25, -0.2) is 0 Å². The fourth-order valence-electron chi connectivity index (χ4n) is 3.19. The third kappa shape index (κ3) is 1.89. The predicted molar refractivity (Wildman–Crippen MR) is 69.9 cm³/mol. The molecule has 0 aromatic heterocycles. The van der Waals surface area contributed by atoms with Crippen LogP contribution in [0.25, 0.3) is 0 Å². The van der Waals surface area contributed by atoms with E-state index in [4.69, 9.17) is 0 Å². The van der Waals surface area contributed by atoms with E-state index in [1.54, 1.807) is 11.1 Å². The third-order valence-electron chi connectivity index (χ3n) is 4.02. The summed E-state index contributed by atoms with van der Waals surface area (Å²) in [7, 11) is 0. The summed E-state index contributed by atoms with van der Waals surface area (Å²) >= 11 is 0. The van der Waals surface area contributed by atoms with Crippen molar-refractivity contribution >= 4 is 0 Å². The first-order valence-electron chi connectivity index (χ1n) is 6.70. The van der Waals surface area contributed by atoms with Gasteiger partial charge in [-0.05, 0) is 55.3 Å².